The SMILES string of the molecule is C=C/C=C\C(=C)/C=C/C(/C=C\C=C)=C/C. The molecule has 0 aliphatic rings. The summed E-state index contributed by atoms with van der Waals surface area (Å²) in [5.74, 6) is 0. The molecule has 0 amide bonds. The third-order valence-corrected chi connectivity index (χ3v) is 1.69. The van der Waals surface area contributed by atoms with Crippen LogP contribution in [0.15, 0.2) is 85.6 Å². The highest BCUT2D eigenvalue weighted by Crippen LogP contribution is 2.03. The van der Waals surface area contributed by atoms with E-state index in [1.54, 1.807) is 12.2 Å². The zero-order chi connectivity index (χ0) is 11.5. The summed E-state index contributed by atoms with van der Waals surface area (Å²) in [6, 6.07) is 0. The van der Waals surface area contributed by atoms with Gasteiger partial charge in [0, 0.05) is 0 Å². The van der Waals surface area contributed by atoms with Gasteiger partial charge < -0.3 is 0 Å². The molecule has 0 nitrogen and oxygen atoms in total. The van der Waals surface area contributed by atoms with E-state index in [1.165, 1.54) is 0 Å². The molecule has 0 N–H and O–H groups in total. The molecule has 0 unspecified atom stereocenters. The first-order valence-corrected chi connectivity index (χ1v) is 4.86. The van der Waals surface area contributed by atoms with E-state index in [1.807, 2.05) is 49.5 Å². The molecule has 0 heterocycles. The Bertz CT molecular complexity index is 333. The van der Waals surface area contributed by atoms with E-state index in [9.17, 15) is 0 Å². The maximum atomic E-state index is 3.89. The van der Waals surface area contributed by atoms with E-state index in [-0.39, 0.29) is 0 Å². The van der Waals surface area contributed by atoms with Crippen LogP contribution in [0.3, 0.4) is 0 Å². The van der Waals surface area contributed by atoms with Crippen LogP contribution in [-0.4, -0.2) is 0 Å². The monoisotopic (exact) mass is 198 g/mol. The number of hydrogen-bond acceptors (Lipinski definition) is 0. The molecule has 0 aliphatic heterocycles. The fourth-order valence-electron chi connectivity index (χ4n) is 0.878. The van der Waals surface area contributed by atoms with Gasteiger partial charge in [-0.2, -0.15) is 0 Å². The quantitative estimate of drug-likeness (QED) is 0.550. The van der Waals surface area contributed by atoms with Gasteiger partial charge in [0.2, 0.25) is 0 Å². The van der Waals surface area contributed by atoms with E-state index in [0.29, 0.717) is 0 Å². The Balaban J connectivity index is 4.42. The summed E-state index contributed by atoms with van der Waals surface area (Å²) in [7, 11) is 0. The second-order valence-corrected chi connectivity index (χ2v) is 2.89. The lowest BCUT2D eigenvalue weighted by atomic mass is 10.1. The van der Waals surface area contributed by atoms with Gasteiger partial charge in [-0.1, -0.05) is 74.4 Å². The zero-order valence-electron chi connectivity index (χ0n) is 9.32. The van der Waals surface area contributed by atoms with Crippen molar-refractivity contribution in [1.82, 2.24) is 0 Å². The van der Waals surface area contributed by atoms with Crippen LogP contribution in [0.4, 0.5) is 0 Å². The fourth-order valence-corrected chi connectivity index (χ4v) is 0.878. The minimum atomic E-state index is 0.946. The highest BCUT2D eigenvalue weighted by Gasteiger charge is 1.83. The van der Waals surface area contributed by atoms with Crippen molar-refractivity contribution in [3.63, 3.8) is 0 Å². The molecule has 0 saturated heterocycles. The lowest BCUT2D eigenvalue weighted by Gasteiger charge is -1.92. The van der Waals surface area contributed by atoms with Gasteiger partial charge in [0.15, 0.2) is 0 Å². The van der Waals surface area contributed by atoms with Crippen molar-refractivity contribution < 1.29 is 0 Å². The molecule has 0 saturated carbocycles. The van der Waals surface area contributed by atoms with Crippen molar-refractivity contribution in [3.05, 3.63) is 85.6 Å². The van der Waals surface area contributed by atoms with Crippen LogP contribution in [0.2, 0.25) is 0 Å². The largest absolute Gasteiger partial charge is 0.0991 e. The Morgan fingerprint density at radius 2 is 1.47 bits per heavy atom. The van der Waals surface area contributed by atoms with Crippen molar-refractivity contribution in [2.24, 2.45) is 0 Å². The van der Waals surface area contributed by atoms with Gasteiger partial charge in [0.25, 0.3) is 0 Å². The lowest BCUT2D eigenvalue weighted by Crippen LogP contribution is -1.71. The van der Waals surface area contributed by atoms with E-state index in [2.05, 4.69) is 19.7 Å². The van der Waals surface area contributed by atoms with Crippen LogP contribution in [0, 0.1) is 0 Å². The molecular formula is C15H18. The van der Waals surface area contributed by atoms with Crippen molar-refractivity contribution in [3.8, 4) is 0 Å². The van der Waals surface area contributed by atoms with Gasteiger partial charge >= 0.3 is 0 Å². The maximum Gasteiger partial charge on any atom is -0.0299 e. The highest BCUT2D eigenvalue weighted by atomic mass is 13.9. The molecular weight excluding hydrogens is 180 g/mol. The molecule has 0 aromatic rings. The van der Waals surface area contributed by atoms with Gasteiger partial charge in [-0.15, -0.1) is 0 Å². The fraction of sp³-hybridized carbons (Fsp3) is 0.0667. The predicted octanol–water partition coefficient (Wildman–Crippen LogP) is 4.53. The third-order valence-electron chi connectivity index (χ3n) is 1.69. The Morgan fingerprint density at radius 3 is 2.00 bits per heavy atom. The highest BCUT2D eigenvalue weighted by molar-refractivity contribution is 5.38. The van der Waals surface area contributed by atoms with Gasteiger partial charge in [-0.25, -0.2) is 0 Å². The van der Waals surface area contributed by atoms with Gasteiger partial charge in [0.1, 0.15) is 0 Å². The molecule has 0 atom stereocenters. The first-order valence-electron chi connectivity index (χ1n) is 4.86. The predicted molar refractivity (Wildman–Crippen MR) is 70.7 cm³/mol. The number of allylic oxidation sites excluding steroid dienone is 11. The molecule has 0 bridgehead atoms. The van der Waals surface area contributed by atoms with Crippen LogP contribution in [-0.2, 0) is 0 Å². The lowest BCUT2D eigenvalue weighted by molar-refractivity contribution is 1.58. The average Bonchev–Trinajstić information content (AvgIpc) is 2.26. The molecule has 0 rings (SSSR count). The van der Waals surface area contributed by atoms with Gasteiger partial charge in [-0.3, -0.25) is 0 Å². The van der Waals surface area contributed by atoms with Crippen molar-refractivity contribution in [1.29, 1.82) is 0 Å². The summed E-state index contributed by atoms with van der Waals surface area (Å²) in [6.07, 6.45) is 17.2. The van der Waals surface area contributed by atoms with Gasteiger partial charge in [-0.05, 0) is 18.1 Å². The molecule has 0 radical (unpaired) electrons. The molecule has 0 heteroatoms. The Hall–Kier alpha value is -1.82. The zero-order valence-corrected chi connectivity index (χ0v) is 9.32. The smallest absolute Gasteiger partial charge is 0.0299 e. The Labute approximate surface area is 93.0 Å². The van der Waals surface area contributed by atoms with E-state index in [4.69, 9.17) is 0 Å². The van der Waals surface area contributed by atoms with E-state index >= 15 is 0 Å². The third kappa shape index (κ3) is 7.27. The van der Waals surface area contributed by atoms with Crippen molar-refractivity contribution in [2.75, 3.05) is 0 Å². The summed E-state index contributed by atoms with van der Waals surface area (Å²) < 4.78 is 0. The topological polar surface area (TPSA) is 0 Å². The van der Waals surface area contributed by atoms with Crippen LogP contribution in [0.25, 0.3) is 0 Å². The summed E-state index contributed by atoms with van der Waals surface area (Å²) >= 11 is 0. The maximum absolute atomic E-state index is 3.89. The minimum Gasteiger partial charge on any atom is -0.0991 e. The van der Waals surface area contributed by atoms with E-state index < -0.39 is 0 Å². The summed E-state index contributed by atoms with van der Waals surface area (Å²) in [5.41, 5.74) is 2.07. The van der Waals surface area contributed by atoms with Crippen LogP contribution >= 0.6 is 0 Å². The first-order chi connectivity index (χ1) is 7.24. The number of hydrogen-bond donors (Lipinski definition) is 0. The van der Waals surface area contributed by atoms with Crippen LogP contribution < -0.4 is 0 Å². The van der Waals surface area contributed by atoms with Gasteiger partial charge in [0.05, 0.1) is 0 Å². The Kier molecular flexibility index (Phi) is 7.70. The molecule has 0 spiro atoms. The second kappa shape index (κ2) is 8.76. The number of rotatable bonds is 6. The summed E-state index contributed by atoms with van der Waals surface area (Å²) in [4.78, 5) is 0. The molecule has 78 valence electrons. The molecule has 0 aromatic heterocycles. The van der Waals surface area contributed by atoms with Crippen LogP contribution in [0.5, 0.6) is 0 Å². The standard InChI is InChI=1S/C15H18/c1-5-8-10-14(4)12-13-15(7-3)11-9-6-2/h5-13H,1-2,4H2,3H3/b10-8-,11-9-,13-12+,15-7+. The van der Waals surface area contributed by atoms with Crippen molar-refractivity contribution >= 4 is 0 Å². The molecule has 15 heavy (non-hydrogen) atoms. The van der Waals surface area contributed by atoms with Crippen molar-refractivity contribution in [2.45, 2.75) is 6.92 Å². The molecule has 0 aliphatic carbocycles. The minimum absolute atomic E-state index is 0.946. The Morgan fingerprint density at radius 1 is 0.867 bits per heavy atom. The summed E-state index contributed by atoms with van der Waals surface area (Å²) in [5, 5.41) is 0. The molecule has 0 fully saturated rings. The summed E-state index contributed by atoms with van der Waals surface area (Å²) in [6.45, 7) is 13.1. The van der Waals surface area contributed by atoms with Crippen LogP contribution in [0.1, 0.15) is 6.92 Å². The average molecular weight is 198 g/mol. The second-order valence-electron chi connectivity index (χ2n) is 2.89. The van der Waals surface area contributed by atoms with E-state index in [0.717, 1.165) is 11.1 Å². The first kappa shape index (κ1) is 13.2. The molecule has 0 aromatic carbocycles. The normalized spacial score (nSPS) is 12.7.